The molecule has 0 radical (unpaired) electrons. The van der Waals surface area contributed by atoms with E-state index >= 15 is 0 Å². The summed E-state index contributed by atoms with van der Waals surface area (Å²) in [6.07, 6.45) is 10.5. The number of methoxy groups -OCH3 is 2. The molecule has 4 aliphatic rings. The Balaban J connectivity index is 0.952. The molecule has 59 heavy (non-hydrogen) atoms. The number of likely N-dealkylation sites (tertiary alicyclic amines) is 2. The zero-order valence-electron chi connectivity index (χ0n) is 35.5. The third-order valence-corrected chi connectivity index (χ3v) is 12.8. The highest BCUT2D eigenvalue weighted by molar-refractivity contribution is 5.91. The van der Waals surface area contributed by atoms with Crippen LogP contribution in [0.1, 0.15) is 95.6 Å². The third kappa shape index (κ3) is 11.8. The van der Waals surface area contributed by atoms with Crippen molar-refractivity contribution in [2.75, 3.05) is 47.1 Å². The third-order valence-electron chi connectivity index (χ3n) is 12.8. The normalized spacial score (nSPS) is 25.2. The Morgan fingerprint density at radius 2 is 1.64 bits per heavy atom. The summed E-state index contributed by atoms with van der Waals surface area (Å²) < 4.78 is 28.6. The first-order valence-corrected chi connectivity index (χ1v) is 22.0. The van der Waals surface area contributed by atoms with Crippen LogP contribution in [0.5, 0.6) is 11.5 Å². The molecule has 2 N–H and O–H groups in total. The zero-order valence-corrected chi connectivity index (χ0v) is 35.5. The van der Waals surface area contributed by atoms with Gasteiger partial charge < -0.3 is 33.9 Å². The second-order valence-electron chi connectivity index (χ2n) is 16.6. The lowest BCUT2D eigenvalue weighted by atomic mass is 9.91. The highest BCUT2D eigenvalue weighted by Crippen LogP contribution is 2.42. The first kappa shape index (κ1) is 44.4. The maximum Gasteiger partial charge on any atom is 0.323 e. The summed E-state index contributed by atoms with van der Waals surface area (Å²) in [5, 5.41) is 6.20. The van der Waals surface area contributed by atoms with E-state index in [9.17, 15) is 19.2 Å². The molecule has 2 aliphatic carbocycles. The maximum absolute atomic E-state index is 14.1. The van der Waals surface area contributed by atoms with Crippen molar-refractivity contribution < 1.29 is 42.9 Å². The predicted octanol–water partition coefficient (Wildman–Crippen LogP) is 5.01. The van der Waals surface area contributed by atoms with Gasteiger partial charge in [0, 0.05) is 31.7 Å². The molecule has 0 bridgehead atoms. The van der Waals surface area contributed by atoms with Crippen LogP contribution in [0.25, 0.3) is 0 Å². The Morgan fingerprint density at radius 3 is 2.42 bits per heavy atom. The molecule has 324 valence electrons. The number of amides is 2. The Labute approximate surface area is 350 Å². The first-order chi connectivity index (χ1) is 28.7. The van der Waals surface area contributed by atoms with Gasteiger partial charge in [-0.25, -0.2) is 0 Å². The number of hydrogen-bond acceptors (Lipinski definition) is 11. The molecular weight excluding hydrogens is 753 g/mol. The van der Waals surface area contributed by atoms with Crippen molar-refractivity contribution in [1.82, 2.24) is 20.4 Å². The van der Waals surface area contributed by atoms with Crippen LogP contribution in [0.3, 0.4) is 0 Å². The average molecular weight is 819 g/mol. The summed E-state index contributed by atoms with van der Waals surface area (Å²) >= 11 is 0. The van der Waals surface area contributed by atoms with Gasteiger partial charge in [0.2, 0.25) is 11.8 Å². The fraction of sp³-hybridized carbons (Fsp3) is 0.652. The minimum Gasteiger partial charge on any atom is -0.493 e. The standard InChI is InChI=1S/C46H66N4O9/c1-5-57-46(54)36(20-18-32-12-7-6-8-13-32)48-31(2)45(53)50-37-16-11-14-34(37)29-39(50)44(52)47-25-22-43(51)59-35-23-26-49(30-35)38-15-9-10-17-40(38)58-27-24-33-19-21-41(55-3)42(28-33)56-4/h6-8,12-13,19,21,28,31,34-40,48H,5,9-11,14-18,20,22-27,29-30H2,1-4H3,(H,47,52)/t31?,34?,35-,36-,37?,38-,39-,40?/m1/s1. The van der Waals surface area contributed by atoms with Gasteiger partial charge >= 0.3 is 11.9 Å². The minimum atomic E-state index is -0.699. The van der Waals surface area contributed by atoms with Crippen LogP contribution in [0.4, 0.5) is 0 Å². The van der Waals surface area contributed by atoms with Crippen LogP contribution < -0.4 is 20.1 Å². The maximum atomic E-state index is 14.1. The van der Waals surface area contributed by atoms with Crippen LogP contribution in [0, 0.1) is 5.92 Å². The highest BCUT2D eigenvalue weighted by atomic mass is 16.5. The van der Waals surface area contributed by atoms with Crippen molar-refractivity contribution in [3.8, 4) is 11.5 Å². The molecular formula is C46H66N4O9. The fourth-order valence-corrected chi connectivity index (χ4v) is 9.76. The number of rotatable bonds is 20. The van der Waals surface area contributed by atoms with Crippen molar-refractivity contribution in [2.45, 2.75) is 140 Å². The minimum absolute atomic E-state index is 0.0186. The van der Waals surface area contributed by atoms with E-state index in [0.29, 0.717) is 43.9 Å². The van der Waals surface area contributed by atoms with E-state index < -0.39 is 18.1 Å². The van der Waals surface area contributed by atoms with E-state index in [2.05, 4.69) is 15.5 Å². The molecule has 2 aromatic rings. The Kier molecular flexibility index (Phi) is 16.4. The Hall–Kier alpha value is -4.20. The highest BCUT2D eigenvalue weighted by Gasteiger charge is 2.49. The van der Waals surface area contributed by atoms with E-state index in [1.165, 1.54) is 0 Å². The number of nitrogens with one attached hydrogen (secondary N) is 2. The summed E-state index contributed by atoms with van der Waals surface area (Å²) in [6, 6.07) is 14.2. The number of aryl methyl sites for hydroxylation is 1. The van der Waals surface area contributed by atoms with Crippen LogP contribution in [0.2, 0.25) is 0 Å². The van der Waals surface area contributed by atoms with Gasteiger partial charge in [0.05, 0.1) is 46.0 Å². The lowest BCUT2D eigenvalue weighted by Crippen LogP contribution is -2.56. The van der Waals surface area contributed by atoms with Gasteiger partial charge in [-0.05, 0) is 101 Å². The van der Waals surface area contributed by atoms with Gasteiger partial charge in [0.15, 0.2) is 11.5 Å². The molecule has 2 amide bonds. The van der Waals surface area contributed by atoms with E-state index in [-0.39, 0.29) is 73.5 Å². The largest absolute Gasteiger partial charge is 0.493 e. The van der Waals surface area contributed by atoms with E-state index in [4.69, 9.17) is 23.7 Å². The quantitative estimate of drug-likeness (QED) is 0.174. The topological polar surface area (TPSA) is 145 Å². The Bertz CT molecular complexity index is 1690. The molecule has 4 fully saturated rings. The number of hydrogen-bond donors (Lipinski definition) is 2. The SMILES string of the molecule is CCOC(=O)[C@@H](CCc1ccccc1)NC(C)C(=O)N1C2CCCC2C[C@@H]1C(=O)NCCC(=O)O[C@@H]1CCN([C@@H]2CCCCC2OCCc2ccc(OC)c(OC)c2)C1. The summed E-state index contributed by atoms with van der Waals surface area (Å²) in [5.74, 6) is 0.512. The molecule has 8 atom stereocenters. The smallest absolute Gasteiger partial charge is 0.323 e. The number of fused-ring (bicyclic) bond motifs is 1. The lowest BCUT2D eigenvalue weighted by molar-refractivity contribution is -0.149. The predicted molar refractivity (Wildman–Crippen MR) is 223 cm³/mol. The van der Waals surface area contributed by atoms with Gasteiger partial charge in [0.25, 0.3) is 0 Å². The monoisotopic (exact) mass is 818 g/mol. The van der Waals surface area contributed by atoms with E-state index in [1.807, 2.05) is 48.5 Å². The lowest BCUT2D eigenvalue weighted by Gasteiger charge is -2.37. The van der Waals surface area contributed by atoms with Crippen LogP contribution in [-0.4, -0.2) is 123 Å². The molecule has 13 nitrogen and oxygen atoms in total. The van der Waals surface area contributed by atoms with Crippen LogP contribution in [0.15, 0.2) is 48.5 Å². The Morgan fingerprint density at radius 1 is 0.864 bits per heavy atom. The number of ether oxygens (including phenoxy) is 5. The second-order valence-corrected chi connectivity index (χ2v) is 16.6. The van der Waals surface area contributed by atoms with E-state index in [1.54, 1.807) is 33.0 Å². The molecule has 2 saturated carbocycles. The molecule has 13 heteroatoms. The fourth-order valence-electron chi connectivity index (χ4n) is 9.76. The van der Waals surface area contributed by atoms with Gasteiger partial charge in [-0.15, -0.1) is 0 Å². The molecule has 4 unspecified atom stereocenters. The number of nitrogens with zero attached hydrogens (tertiary/aromatic N) is 2. The zero-order chi connectivity index (χ0) is 41.7. The van der Waals surface area contributed by atoms with Gasteiger partial charge in [-0.2, -0.15) is 0 Å². The summed E-state index contributed by atoms with van der Waals surface area (Å²) in [4.78, 5) is 58.0. The van der Waals surface area contributed by atoms with Crippen molar-refractivity contribution in [1.29, 1.82) is 0 Å². The summed E-state index contributed by atoms with van der Waals surface area (Å²) in [5.41, 5.74) is 2.23. The van der Waals surface area contributed by atoms with Crippen LogP contribution >= 0.6 is 0 Å². The molecule has 0 spiro atoms. The number of carbonyl (C=O) groups excluding carboxylic acids is 4. The molecule has 2 heterocycles. The van der Waals surface area contributed by atoms with Crippen LogP contribution in [-0.2, 0) is 46.2 Å². The van der Waals surface area contributed by atoms with Crippen molar-refractivity contribution in [3.05, 3.63) is 59.7 Å². The first-order valence-electron chi connectivity index (χ1n) is 22.0. The van der Waals surface area contributed by atoms with Gasteiger partial charge in [-0.1, -0.05) is 55.7 Å². The average Bonchev–Trinajstić information content (AvgIpc) is 4.00. The number of carbonyl (C=O) groups is 4. The molecule has 6 rings (SSSR count). The summed E-state index contributed by atoms with van der Waals surface area (Å²) in [7, 11) is 3.28. The molecule has 2 aliphatic heterocycles. The van der Waals surface area contributed by atoms with E-state index in [0.717, 1.165) is 75.5 Å². The van der Waals surface area contributed by atoms with Gasteiger partial charge in [-0.3, -0.25) is 29.4 Å². The number of esters is 2. The van der Waals surface area contributed by atoms with Crippen molar-refractivity contribution in [2.24, 2.45) is 5.92 Å². The number of benzene rings is 2. The molecule has 2 saturated heterocycles. The summed E-state index contributed by atoms with van der Waals surface area (Å²) in [6.45, 7) is 6.06. The second kappa shape index (κ2) is 21.9. The van der Waals surface area contributed by atoms with Crippen molar-refractivity contribution in [3.63, 3.8) is 0 Å². The molecule has 2 aromatic carbocycles. The molecule has 0 aromatic heterocycles. The van der Waals surface area contributed by atoms with Crippen molar-refractivity contribution >= 4 is 23.8 Å². The van der Waals surface area contributed by atoms with Gasteiger partial charge in [0.1, 0.15) is 18.2 Å².